The Labute approximate surface area is 287 Å². The van der Waals surface area contributed by atoms with E-state index < -0.39 is 12.2 Å². The molecule has 3 aliphatic rings. The van der Waals surface area contributed by atoms with Crippen molar-refractivity contribution in [1.29, 1.82) is 0 Å². The number of nitrogens with zero attached hydrogens (tertiary/aromatic N) is 1. The highest BCUT2D eigenvalue weighted by atomic mass is 32.1. The predicted octanol–water partition coefficient (Wildman–Crippen LogP) is 9.91. The summed E-state index contributed by atoms with van der Waals surface area (Å²) >= 11 is 3.53. The normalized spacial score (nSPS) is 21.3. The summed E-state index contributed by atoms with van der Waals surface area (Å²) in [4.78, 5) is 5.29. The number of aliphatic hydroxyl groups is 2. The summed E-state index contributed by atoms with van der Waals surface area (Å²) in [5, 5.41) is 23.4. The third-order valence-corrected chi connectivity index (χ3v) is 9.21. The van der Waals surface area contributed by atoms with Crippen LogP contribution >= 0.6 is 12.6 Å². The molecule has 0 spiro atoms. The van der Waals surface area contributed by atoms with Crippen LogP contribution in [0.4, 0.5) is 0 Å². The van der Waals surface area contributed by atoms with Crippen LogP contribution in [0.3, 0.4) is 0 Å². The van der Waals surface area contributed by atoms with Crippen LogP contribution in [0.25, 0.3) is 5.57 Å². The molecule has 5 nitrogen and oxygen atoms in total. The van der Waals surface area contributed by atoms with Gasteiger partial charge in [-0.1, -0.05) is 106 Å². The molecule has 1 fully saturated rings. The van der Waals surface area contributed by atoms with Gasteiger partial charge < -0.3 is 19.7 Å². The number of hydrogen-bond acceptors (Lipinski definition) is 6. The lowest BCUT2D eigenvalue weighted by Gasteiger charge is -2.38. The summed E-state index contributed by atoms with van der Waals surface area (Å²) in [5.41, 5.74) is 7.67. The number of ether oxygens (including phenoxy) is 2. The topological polar surface area (TPSA) is 71.8 Å². The zero-order chi connectivity index (χ0) is 34.7. The van der Waals surface area contributed by atoms with E-state index in [4.69, 9.17) is 14.5 Å². The fourth-order valence-corrected chi connectivity index (χ4v) is 6.17. The van der Waals surface area contributed by atoms with Gasteiger partial charge in [0.05, 0.1) is 31.1 Å². The SMILES string of the molecule is C=C/C=C(\C=C/CC(O)c1c(C2CCOCC2)nc2c(c1C1=CCOCC1)C(O)CC(C)(C)C2)C(C)(C)C.CCC(C)(C)C.CS. The zero-order valence-corrected chi connectivity index (χ0v) is 31.6. The fourth-order valence-electron chi connectivity index (χ4n) is 6.17. The lowest BCUT2D eigenvalue weighted by Crippen LogP contribution is -2.30. The molecule has 1 aromatic heterocycles. The van der Waals surface area contributed by atoms with Crippen molar-refractivity contribution in [3.63, 3.8) is 0 Å². The third kappa shape index (κ3) is 11.8. The molecule has 0 aromatic carbocycles. The first-order valence-electron chi connectivity index (χ1n) is 17.3. The molecule has 1 saturated heterocycles. The van der Waals surface area contributed by atoms with Crippen LogP contribution in [-0.4, -0.2) is 47.9 Å². The molecule has 46 heavy (non-hydrogen) atoms. The summed E-state index contributed by atoms with van der Waals surface area (Å²) in [7, 11) is 0. The number of allylic oxidation sites excluding steroid dienone is 4. The van der Waals surface area contributed by atoms with Crippen molar-refractivity contribution < 1.29 is 19.7 Å². The predicted molar refractivity (Wildman–Crippen MR) is 199 cm³/mol. The van der Waals surface area contributed by atoms with Crippen molar-refractivity contribution in [3.05, 3.63) is 70.6 Å². The highest BCUT2D eigenvalue weighted by Gasteiger charge is 2.38. The molecule has 1 aromatic rings. The zero-order valence-electron chi connectivity index (χ0n) is 30.7. The molecule has 2 atom stereocenters. The Balaban J connectivity index is 0.000000826. The average molecular weight is 656 g/mol. The van der Waals surface area contributed by atoms with Crippen molar-refractivity contribution in [1.82, 2.24) is 4.98 Å². The van der Waals surface area contributed by atoms with Gasteiger partial charge in [0.1, 0.15) is 0 Å². The summed E-state index contributed by atoms with van der Waals surface area (Å²) in [6.45, 7) is 26.4. The van der Waals surface area contributed by atoms with Crippen molar-refractivity contribution in [3.8, 4) is 0 Å². The molecule has 0 saturated carbocycles. The van der Waals surface area contributed by atoms with Crippen LogP contribution in [0.1, 0.15) is 147 Å². The van der Waals surface area contributed by atoms with E-state index in [0.717, 1.165) is 59.3 Å². The van der Waals surface area contributed by atoms with E-state index in [1.54, 1.807) is 6.26 Å². The summed E-state index contributed by atoms with van der Waals surface area (Å²) in [6, 6.07) is 0. The fraction of sp³-hybridized carbons (Fsp3) is 0.675. The Morgan fingerprint density at radius 3 is 2.26 bits per heavy atom. The van der Waals surface area contributed by atoms with Crippen molar-refractivity contribution in [2.75, 3.05) is 32.7 Å². The van der Waals surface area contributed by atoms with E-state index in [9.17, 15) is 10.2 Å². The maximum absolute atomic E-state index is 11.9. The molecule has 4 rings (SSSR count). The molecule has 2 aliphatic heterocycles. The molecule has 0 bridgehead atoms. The number of aliphatic hydroxyl groups excluding tert-OH is 2. The Bertz CT molecular complexity index is 1210. The van der Waals surface area contributed by atoms with E-state index in [1.807, 2.05) is 12.2 Å². The quantitative estimate of drug-likeness (QED) is 0.201. The van der Waals surface area contributed by atoms with Gasteiger partial charge in [-0.15, -0.1) is 0 Å². The second-order valence-corrected chi connectivity index (χ2v) is 15.8. The van der Waals surface area contributed by atoms with E-state index >= 15 is 0 Å². The maximum Gasteiger partial charge on any atom is 0.0848 e. The van der Waals surface area contributed by atoms with Gasteiger partial charge in [0.15, 0.2) is 0 Å². The molecule has 260 valence electrons. The first-order valence-corrected chi connectivity index (χ1v) is 18.2. The first kappa shape index (κ1) is 40.5. The van der Waals surface area contributed by atoms with Gasteiger partial charge in [-0.05, 0) is 77.7 Å². The molecule has 2 N–H and O–H groups in total. The smallest absolute Gasteiger partial charge is 0.0848 e. The highest BCUT2D eigenvalue weighted by molar-refractivity contribution is 7.79. The average Bonchev–Trinajstić information content (AvgIpc) is 3.00. The molecular weight excluding hydrogens is 591 g/mol. The van der Waals surface area contributed by atoms with Crippen LogP contribution < -0.4 is 0 Å². The van der Waals surface area contributed by atoms with Crippen LogP contribution in [0.5, 0.6) is 0 Å². The molecule has 0 radical (unpaired) electrons. The van der Waals surface area contributed by atoms with Crippen LogP contribution in [0.2, 0.25) is 0 Å². The monoisotopic (exact) mass is 655 g/mol. The second-order valence-electron chi connectivity index (χ2n) is 15.8. The van der Waals surface area contributed by atoms with Gasteiger partial charge in [-0.3, -0.25) is 4.98 Å². The number of aromatic nitrogens is 1. The number of rotatable bonds is 7. The van der Waals surface area contributed by atoms with E-state index in [2.05, 4.69) is 99.7 Å². The molecule has 3 heterocycles. The minimum Gasteiger partial charge on any atom is -0.388 e. The lowest BCUT2D eigenvalue weighted by atomic mass is 9.71. The second kappa shape index (κ2) is 18.2. The van der Waals surface area contributed by atoms with Gasteiger partial charge in [-0.25, -0.2) is 0 Å². The number of pyridine rings is 1. The van der Waals surface area contributed by atoms with Gasteiger partial charge in [0.25, 0.3) is 0 Å². The van der Waals surface area contributed by atoms with E-state index in [1.165, 1.54) is 12.0 Å². The van der Waals surface area contributed by atoms with E-state index in [0.29, 0.717) is 44.7 Å². The Morgan fingerprint density at radius 2 is 1.74 bits per heavy atom. The number of fused-ring (bicyclic) bond motifs is 1. The van der Waals surface area contributed by atoms with Crippen molar-refractivity contribution in [2.24, 2.45) is 16.2 Å². The molecule has 2 unspecified atom stereocenters. The van der Waals surface area contributed by atoms with Crippen molar-refractivity contribution >= 4 is 18.2 Å². The highest BCUT2D eigenvalue weighted by Crippen LogP contribution is 2.48. The summed E-state index contributed by atoms with van der Waals surface area (Å²) in [5.74, 6) is 0.231. The minimum absolute atomic E-state index is 0.0226. The molecule has 6 heteroatoms. The lowest BCUT2D eigenvalue weighted by molar-refractivity contribution is 0.0818. The minimum atomic E-state index is -0.729. The molecular formula is C40H65NO4S. The first-order chi connectivity index (χ1) is 21.6. The number of thiol groups is 1. The summed E-state index contributed by atoms with van der Waals surface area (Å²) < 4.78 is 11.4. The Morgan fingerprint density at radius 1 is 1.11 bits per heavy atom. The standard InChI is InChI=1S/C33H47NO4.C6H14.CH4S/c1-7-9-24(32(2,3)4)10-8-11-26(35)30-28(22-12-16-37-17-13-22)29-25(20-33(5,6)21-27(29)36)34-31(30)23-14-18-38-19-15-23;1-5-6(2,3)4;1-2/h7-10,12,23,26-27,35-36H,1,11,13-21H2,2-6H3;5H2,1-4H3;2H,1H3/b10-8-,24-9+;;. The van der Waals surface area contributed by atoms with Crippen LogP contribution in [0.15, 0.2) is 42.5 Å². The van der Waals surface area contributed by atoms with Crippen LogP contribution in [-0.2, 0) is 15.9 Å². The Hall–Kier alpha value is -1.70. The van der Waals surface area contributed by atoms with Gasteiger partial charge in [-0.2, -0.15) is 12.6 Å². The van der Waals surface area contributed by atoms with Gasteiger partial charge in [0.2, 0.25) is 0 Å². The van der Waals surface area contributed by atoms with Gasteiger partial charge >= 0.3 is 0 Å². The maximum atomic E-state index is 11.9. The molecule has 1 aliphatic carbocycles. The largest absolute Gasteiger partial charge is 0.388 e. The molecule has 0 amide bonds. The summed E-state index contributed by atoms with van der Waals surface area (Å²) in [6.07, 6.45) is 16.3. The number of hydrogen-bond donors (Lipinski definition) is 3. The van der Waals surface area contributed by atoms with Crippen LogP contribution in [0, 0.1) is 16.2 Å². The third-order valence-electron chi connectivity index (χ3n) is 9.21. The van der Waals surface area contributed by atoms with E-state index in [-0.39, 0.29) is 16.7 Å². The van der Waals surface area contributed by atoms with Crippen molar-refractivity contribution in [2.45, 2.75) is 125 Å². The van der Waals surface area contributed by atoms with Gasteiger partial charge in [0, 0.05) is 36.0 Å². The Kier molecular flexibility index (Phi) is 16.0.